The van der Waals surface area contributed by atoms with Crippen LogP contribution in [0.25, 0.3) is 0 Å². The lowest BCUT2D eigenvalue weighted by molar-refractivity contribution is 0.0999. The summed E-state index contributed by atoms with van der Waals surface area (Å²) >= 11 is 0. The summed E-state index contributed by atoms with van der Waals surface area (Å²) in [5.74, 6) is -0.353. The van der Waals surface area contributed by atoms with Gasteiger partial charge in [-0.05, 0) is 54.7 Å². The van der Waals surface area contributed by atoms with Gasteiger partial charge in [-0.25, -0.2) is 0 Å². The molecule has 0 aliphatic carbocycles. The molecular formula is C18H22N2O3. The Balaban J connectivity index is 2.27. The van der Waals surface area contributed by atoms with E-state index in [1.807, 2.05) is 12.1 Å². The zero-order chi connectivity index (χ0) is 16.8. The Hall–Kier alpha value is -2.53. The first-order chi connectivity index (χ1) is 11.0. The van der Waals surface area contributed by atoms with Gasteiger partial charge in [0.1, 0.15) is 5.75 Å². The van der Waals surface area contributed by atoms with E-state index in [-0.39, 0.29) is 12.4 Å². The lowest BCUT2D eigenvalue weighted by Gasteiger charge is -2.11. The van der Waals surface area contributed by atoms with E-state index in [1.54, 1.807) is 18.2 Å². The number of hydrogen-bond acceptors (Lipinski definition) is 4. The molecule has 0 unspecified atom stereocenters. The van der Waals surface area contributed by atoms with Crippen molar-refractivity contribution in [2.75, 3.05) is 12.3 Å². The molecular weight excluding hydrogens is 292 g/mol. The summed E-state index contributed by atoms with van der Waals surface area (Å²) in [6.07, 6.45) is 2.74. The molecule has 5 heteroatoms. The van der Waals surface area contributed by atoms with Gasteiger partial charge in [-0.2, -0.15) is 0 Å². The van der Waals surface area contributed by atoms with Crippen LogP contribution in [-0.2, 0) is 12.8 Å². The predicted octanol–water partition coefficient (Wildman–Crippen LogP) is 1.98. The molecule has 2 rings (SSSR count). The third-order valence-corrected chi connectivity index (χ3v) is 3.80. The standard InChI is InChI=1S/C18H22N2O3/c19-15-6-7-17(22)14(11-15)10-13-5-4-12(3-1-2-8-21)9-16(13)18(20)23/h4-7,9,11,21-22H,1-3,8,10,19H2,(H2,20,23). The molecule has 0 saturated carbocycles. The number of nitrogens with two attached hydrogens (primary N) is 2. The maximum atomic E-state index is 11.7. The number of benzene rings is 2. The molecule has 0 bridgehead atoms. The third kappa shape index (κ3) is 4.47. The quantitative estimate of drug-likeness (QED) is 0.356. The lowest BCUT2D eigenvalue weighted by atomic mass is 9.95. The summed E-state index contributed by atoms with van der Waals surface area (Å²) in [4.78, 5) is 11.7. The number of rotatable bonds is 7. The fourth-order valence-corrected chi connectivity index (χ4v) is 2.56. The molecule has 122 valence electrons. The van der Waals surface area contributed by atoms with Crippen LogP contribution in [0.4, 0.5) is 5.69 Å². The Morgan fingerprint density at radius 1 is 1.04 bits per heavy atom. The first-order valence-electron chi connectivity index (χ1n) is 7.61. The number of amides is 1. The fourth-order valence-electron chi connectivity index (χ4n) is 2.56. The highest BCUT2D eigenvalue weighted by Gasteiger charge is 2.12. The number of phenols is 1. The van der Waals surface area contributed by atoms with Gasteiger partial charge >= 0.3 is 0 Å². The molecule has 23 heavy (non-hydrogen) atoms. The summed E-state index contributed by atoms with van der Waals surface area (Å²) in [6.45, 7) is 0.162. The van der Waals surface area contributed by atoms with Crippen molar-refractivity contribution in [3.63, 3.8) is 0 Å². The summed E-state index contributed by atoms with van der Waals surface area (Å²) < 4.78 is 0. The normalized spacial score (nSPS) is 10.7. The van der Waals surface area contributed by atoms with Crippen LogP contribution >= 0.6 is 0 Å². The van der Waals surface area contributed by atoms with Crippen LogP contribution in [-0.4, -0.2) is 22.7 Å². The molecule has 2 aromatic carbocycles. The molecule has 1 amide bonds. The van der Waals surface area contributed by atoms with E-state index in [2.05, 4.69) is 0 Å². The Kier molecular flexibility index (Phi) is 5.60. The van der Waals surface area contributed by atoms with Gasteiger partial charge < -0.3 is 21.7 Å². The number of aliphatic hydroxyl groups is 1. The van der Waals surface area contributed by atoms with Gasteiger partial charge in [0.2, 0.25) is 5.91 Å². The van der Waals surface area contributed by atoms with Gasteiger partial charge in [-0.15, -0.1) is 0 Å². The second-order valence-corrected chi connectivity index (χ2v) is 5.60. The Morgan fingerprint density at radius 2 is 1.83 bits per heavy atom. The Morgan fingerprint density at radius 3 is 2.52 bits per heavy atom. The molecule has 0 saturated heterocycles. The Bertz CT molecular complexity index is 699. The second-order valence-electron chi connectivity index (χ2n) is 5.60. The first-order valence-corrected chi connectivity index (χ1v) is 7.61. The largest absolute Gasteiger partial charge is 0.508 e. The average Bonchev–Trinajstić information content (AvgIpc) is 2.52. The van der Waals surface area contributed by atoms with Crippen molar-refractivity contribution >= 4 is 11.6 Å². The number of phenolic OH excluding ortho intramolecular Hbond substituents is 1. The zero-order valence-corrected chi connectivity index (χ0v) is 13.0. The highest BCUT2D eigenvalue weighted by atomic mass is 16.3. The van der Waals surface area contributed by atoms with E-state index in [1.165, 1.54) is 6.07 Å². The topological polar surface area (TPSA) is 110 Å². The van der Waals surface area contributed by atoms with Gasteiger partial charge in [0, 0.05) is 29.8 Å². The summed E-state index contributed by atoms with van der Waals surface area (Å²) in [5, 5.41) is 18.8. The smallest absolute Gasteiger partial charge is 0.248 e. The minimum atomic E-state index is -0.493. The maximum Gasteiger partial charge on any atom is 0.248 e. The molecule has 2 aromatic rings. The number of hydrogen-bond donors (Lipinski definition) is 4. The van der Waals surface area contributed by atoms with Gasteiger partial charge in [0.05, 0.1) is 0 Å². The monoisotopic (exact) mass is 314 g/mol. The minimum Gasteiger partial charge on any atom is -0.508 e. The van der Waals surface area contributed by atoms with Crippen LogP contribution in [0.15, 0.2) is 36.4 Å². The van der Waals surface area contributed by atoms with E-state index in [4.69, 9.17) is 16.6 Å². The zero-order valence-electron chi connectivity index (χ0n) is 13.0. The first kappa shape index (κ1) is 16.8. The van der Waals surface area contributed by atoms with Crippen molar-refractivity contribution in [2.24, 2.45) is 5.73 Å². The van der Waals surface area contributed by atoms with E-state index >= 15 is 0 Å². The summed E-state index contributed by atoms with van der Waals surface area (Å²) in [5.41, 5.74) is 14.7. The minimum absolute atomic E-state index is 0.140. The molecule has 0 radical (unpaired) electrons. The number of aliphatic hydroxyl groups excluding tert-OH is 1. The van der Waals surface area contributed by atoms with Crippen molar-refractivity contribution < 1.29 is 15.0 Å². The van der Waals surface area contributed by atoms with Crippen LogP contribution in [0.2, 0.25) is 0 Å². The molecule has 0 spiro atoms. The van der Waals surface area contributed by atoms with E-state index in [0.717, 1.165) is 30.4 Å². The van der Waals surface area contributed by atoms with Crippen molar-refractivity contribution in [2.45, 2.75) is 25.7 Å². The molecule has 0 aromatic heterocycles. The number of unbranched alkanes of at least 4 members (excludes halogenated alkanes) is 1. The molecule has 5 nitrogen and oxygen atoms in total. The molecule has 0 heterocycles. The van der Waals surface area contributed by atoms with Crippen LogP contribution in [0.5, 0.6) is 5.75 Å². The van der Waals surface area contributed by atoms with Gasteiger partial charge in [0.25, 0.3) is 0 Å². The lowest BCUT2D eigenvalue weighted by Crippen LogP contribution is -2.14. The third-order valence-electron chi connectivity index (χ3n) is 3.80. The van der Waals surface area contributed by atoms with Gasteiger partial charge in [-0.3, -0.25) is 4.79 Å². The Labute approximate surface area is 135 Å². The van der Waals surface area contributed by atoms with Crippen LogP contribution in [0.1, 0.15) is 39.9 Å². The molecule has 6 N–H and O–H groups in total. The van der Waals surface area contributed by atoms with Crippen LogP contribution < -0.4 is 11.5 Å². The van der Waals surface area contributed by atoms with Crippen molar-refractivity contribution in [1.29, 1.82) is 0 Å². The second kappa shape index (κ2) is 7.65. The van der Waals surface area contributed by atoms with Crippen molar-refractivity contribution in [3.8, 4) is 5.75 Å². The van der Waals surface area contributed by atoms with E-state index in [9.17, 15) is 9.90 Å². The number of aryl methyl sites for hydroxylation is 1. The number of carbonyl (C=O) groups excluding carboxylic acids is 1. The molecule has 0 atom stereocenters. The maximum absolute atomic E-state index is 11.7. The number of carbonyl (C=O) groups is 1. The van der Waals surface area contributed by atoms with Crippen molar-refractivity contribution in [1.82, 2.24) is 0 Å². The highest BCUT2D eigenvalue weighted by Crippen LogP contribution is 2.25. The van der Waals surface area contributed by atoms with Crippen molar-refractivity contribution in [3.05, 3.63) is 58.7 Å². The molecule has 0 fully saturated rings. The van der Waals surface area contributed by atoms with Crippen LogP contribution in [0.3, 0.4) is 0 Å². The van der Waals surface area contributed by atoms with Gasteiger partial charge in [0.15, 0.2) is 0 Å². The average molecular weight is 314 g/mol. The number of nitrogen functional groups attached to an aromatic ring is 1. The van der Waals surface area contributed by atoms with Gasteiger partial charge in [-0.1, -0.05) is 12.1 Å². The van der Waals surface area contributed by atoms with E-state index in [0.29, 0.717) is 23.2 Å². The highest BCUT2D eigenvalue weighted by molar-refractivity contribution is 5.94. The molecule has 0 aliphatic heterocycles. The predicted molar refractivity (Wildman–Crippen MR) is 90.3 cm³/mol. The SMILES string of the molecule is NC(=O)c1cc(CCCCO)ccc1Cc1cc(N)ccc1O. The number of aromatic hydroxyl groups is 1. The summed E-state index contributed by atoms with van der Waals surface area (Å²) in [6, 6.07) is 10.4. The fraction of sp³-hybridized carbons (Fsp3) is 0.278. The van der Waals surface area contributed by atoms with Crippen LogP contribution in [0, 0.1) is 0 Å². The number of primary amides is 1. The van der Waals surface area contributed by atoms with E-state index < -0.39 is 5.91 Å². The summed E-state index contributed by atoms with van der Waals surface area (Å²) in [7, 11) is 0. The number of anilines is 1. The molecule has 0 aliphatic rings.